The fourth-order valence-electron chi connectivity index (χ4n) is 2.60. The number of piperidine rings is 1. The van der Waals surface area contributed by atoms with Crippen LogP contribution < -0.4 is 5.73 Å². The Kier molecular flexibility index (Phi) is 5.60. The fourth-order valence-corrected chi connectivity index (χ4v) is 2.60. The quantitative estimate of drug-likeness (QED) is 0.805. The number of carbonyl (C=O) groups excluding carboxylic acids is 1. The van der Waals surface area contributed by atoms with Crippen molar-refractivity contribution in [2.45, 2.75) is 46.1 Å². The summed E-state index contributed by atoms with van der Waals surface area (Å²) in [6.07, 6.45) is 2.97. The van der Waals surface area contributed by atoms with Gasteiger partial charge in [0.05, 0.1) is 5.41 Å². The van der Waals surface area contributed by atoms with Gasteiger partial charge in [-0.2, -0.15) is 0 Å². The Bertz CT molecular complexity index is 268. The number of rotatable bonds is 5. The minimum absolute atomic E-state index is 0.211. The van der Waals surface area contributed by atoms with Crippen molar-refractivity contribution in [3.05, 3.63) is 0 Å². The summed E-state index contributed by atoms with van der Waals surface area (Å²) in [7, 11) is 1.94. The van der Waals surface area contributed by atoms with Crippen LogP contribution in [0.1, 0.15) is 40.0 Å². The number of carbonyl (C=O) groups is 1. The molecule has 1 unspecified atom stereocenters. The Labute approximate surface area is 111 Å². The first-order chi connectivity index (χ1) is 8.48. The van der Waals surface area contributed by atoms with E-state index >= 15 is 0 Å². The second kappa shape index (κ2) is 6.53. The van der Waals surface area contributed by atoms with Gasteiger partial charge >= 0.3 is 0 Å². The van der Waals surface area contributed by atoms with Crippen molar-refractivity contribution in [3.63, 3.8) is 0 Å². The van der Waals surface area contributed by atoms with Crippen LogP contribution in [0.3, 0.4) is 0 Å². The molecule has 0 aliphatic carbocycles. The zero-order chi connectivity index (χ0) is 13.8. The molecule has 4 nitrogen and oxygen atoms in total. The molecule has 0 aromatic rings. The Hall–Kier alpha value is -0.610. The lowest BCUT2D eigenvalue weighted by Gasteiger charge is -2.40. The molecule has 2 N–H and O–H groups in total. The molecule has 1 amide bonds. The molecule has 1 fully saturated rings. The Morgan fingerprint density at radius 2 is 1.94 bits per heavy atom. The van der Waals surface area contributed by atoms with Crippen LogP contribution >= 0.6 is 0 Å². The first-order valence-electron chi connectivity index (χ1n) is 7.18. The largest absolute Gasteiger partial charge is 0.342 e. The summed E-state index contributed by atoms with van der Waals surface area (Å²) in [5, 5.41) is 0. The molecule has 4 heteroatoms. The molecular formula is C14H29N3O. The summed E-state index contributed by atoms with van der Waals surface area (Å²) in [4.78, 5) is 16.9. The van der Waals surface area contributed by atoms with Crippen molar-refractivity contribution >= 4 is 5.91 Å². The molecule has 0 aromatic carbocycles. The maximum atomic E-state index is 12.5. The molecule has 1 aliphatic heterocycles. The third-order valence-corrected chi connectivity index (χ3v) is 4.62. The lowest BCUT2D eigenvalue weighted by molar-refractivity contribution is -0.142. The minimum Gasteiger partial charge on any atom is -0.342 e. The SMILES string of the molecule is CCN1CCC(N(C)C(=O)C(C)(CC)CN)CC1. The molecule has 1 rings (SSSR count). The van der Waals surface area contributed by atoms with Gasteiger partial charge in [-0.05, 0) is 32.7 Å². The van der Waals surface area contributed by atoms with Gasteiger partial charge in [0.1, 0.15) is 0 Å². The van der Waals surface area contributed by atoms with E-state index in [9.17, 15) is 4.79 Å². The van der Waals surface area contributed by atoms with Crippen molar-refractivity contribution in [2.24, 2.45) is 11.1 Å². The molecule has 1 aliphatic rings. The lowest BCUT2D eigenvalue weighted by atomic mass is 9.85. The molecule has 106 valence electrons. The summed E-state index contributed by atoms with van der Waals surface area (Å²) in [6.45, 7) is 9.96. The van der Waals surface area contributed by atoms with Crippen molar-refractivity contribution in [1.82, 2.24) is 9.80 Å². The Morgan fingerprint density at radius 3 is 2.33 bits per heavy atom. The van der Waals surface area contributed by atoms with E-state index in [4.69, 9.17) is 5.73 Å². The summed E-state index contributed by atoms with van der Waals surface area (Å²) in [5.74, 6) is 0.211. The van der Waals surface area contributed by atoms with E-state index in [0.29, 0.717) is 12.6 Å². The molecular weight excluding hydrogens is 226 g/mol. The van der Waals surface area contributed by atoms with E-state index < -0.39 is 5.41 Å². The number of nitrogens with two attached hydrogens (primary N) is 1. The van der Waals surface area contributed by atoms with Gasteiger partial charge in [0.2, 0.25) is 5.91 Å². The third kappa shape index (κ3) is 3.23. The summed E-state index contributed by atoms with van der Waals surface area (Å²) in [6, 6.07) is 0.387. The predicted octanol–water partition coefficient (Wildman–Crippen LogP) is 1.30. The van der Waals surface area contributed by atoms with Crippen LogP contribution in [-0.2, 0) is 4.79 Å². The number of nitrogens with zero attached hydrogens (tertiary/aromatic N) is 2. The molecule has 18 heavy (non-hydrogen) atoms. The average Bonchev–Trinajstić information content (AvgIpc) is 2.44. The maximum Gasteiger partial charge on any atom is 0.229 e. The minimum atomic E-state index is -0.392. The van der Waals surface area contributed by atoms with Gasteiger partial charge in [0.15, 0.2) is 0 Å². The van der Waals surface area contributed by atoms with Gasteiger partial charge in [-0.15, -0.1) is 0 Å². The highest BCUT2D eigenvalue weighted by atomic mass is 16.2. The zero-order valence-electron chi connectivity index (χ0n) is 12.4. The van der Waals surface area contributed by atoms with Crippen molar-refractivity contribution in [2.75, 3.05) is 33.2 Å². The van der Waals surface area contributed by atoms with E-state index in [-0.39, 0.29) is 5.91 Å². The summed E-state index contributed by atoms with van der Waals surface area (Å²) >= 11 is 0. The average molecular weight is 255 g/mol. The first kappa shape index (κ1) is 15.4. The zero-order valence-corrected chi connectivity index (χ0v) is 12.4. The molecule has 1 atom stereocenters. The predicted molar refractivity (Wildman–Crippen MR) is 75.4 cm³/mol. The summed E-state index contributed by atoms with van der Waals surface area (Å²) < 4.78 is 0. The van der Waals surface area contributed by atoms with Crippen molar-refractivity contribution < 1.29 is 4.79 Å². The van der Waals surface area contributed by atoms with Gasteiger partial charge < -0.3 is 15.5 Å². The Morgan fingerprint density at radius 1 is 1.39 bits per heavy atom. The number of hydrogen-bond acceptors (Lipinski definition) is 3. The highest BCUT2D eigenvalue weighted by Crippen LogP contribution is 2.25. The van der Waals surface area contributed by atoms with E-state index in [1.54, 1.807) is 0 Å². The van der Waals surface area contributed by atoms with Crippen molar-refractivity contribution in [3.8, 4) is 0 Å². The monoisotopic (exact) mass is 255 g/mol. The second-order valence-electron chi connectivity index (χ2n) is 5.70. The normalized spacial score (nSPS) is 21.6. The van der Waals surface area contributed by atoms with Crippen LogP contribution in [0.4, 0.5) is 0 Å². The first-order valence-corrected chi connectivity index (χ1v) is 7.18. The summed E-state index contributed by atoms with van der Waals surface area (Å²) in [5.41, 5.74) is 5.38. The highest BCUT2D eigenvalue weighted by Gasteiger charge is 2.35. The van der Waals surface area contributed by atoms with Crippen LogP contribution in [0.25, 0.3) is 0 Å². The van der Waals surface area contributed by atoms with Crippen LogP contribution in [-0.4, -0.2) is 55.0 Å². The van der Waals surface area contributed by atoms with E-state index in [0.717, 1.165) is 38.9 Å². The van der Waals surface area contributed by atoms with Crippen molar-refractivity contribution in [1.29, 1.82) is 0 Å². The van der Waals surface area contributed by atoms with Gasteiger partial charge in [-0.1, -0.05) is 13.8 Å². The molecule has 0 bridgehead atoms. The molecule has 0 radical (unpaired) electrons. The smallest absolute Gasteiger partial charge is 0.229 e. The second-order valence-corrected chi connectivity index (χ2v) is 5.70. The fraction of sp³-hybridized carbons (Fsp3) is 0.929. The highest BCUT2D eigenvalue weighted by molar-refractivity contribution is 5.82. The van der Waals surface area contributed by atoms with Gasteiger partial charge in [-0.25, -0.2) is 0 Å². The standard InChI is InChI=1S/C14H29N3O/c1-5-14(3,11-15)13(18)16(4)12-7-9-17(6-2)10-8-12/h12H,5-11,15H2,1-4H3. The van der Waals surface area contributed by atoms with E-state index in [1.807, 2.05) is 25.8 Å². The lowest BCUT2D eigenvalue weighted by Crippen LogP contribution is -2.51. The maximum absolute atomic E-state index is 12.5. The van der Waals surface area contributed by atoms with Crippen LogP contribution in [0.2, 0.25) is 0 Å². The Balaban J connectivity index is 2.59. The van der Waals surface area contributed by atoms with Gasteiger partial charge in [0, 0.05) is 32.7 Å². The van der Waals surface area contributed by atoms with Gasteiger partial charge in [-0.3, -0.25) is 4.79 Å². The molecule has 1 heterocycles. The van der Waals surface area contributed by atoms with E-state index in [2.05, 4.69) is 11.8 Å². The molecule has 1 saturated heterocycles. The van der Waals surface area contributed by atoms with Gasteiger partial charge in [0.25, 0.3) is 0 Å². The van der Waals surface area contributed by atoms with Crippen LogP contribution in [0, 0.1) is 5.41 Å². The van der Waals surface area contributed by atoms with Crippen LogP contribution in [0.5, 0.6) is 0 Å². The van der Waals surface area contributed by atoms with Crippen LogP contribution in [0.15, 0.2) is 0 Å². The van der Waals surface area contributed by atoms with E-state index in [1.165, 1.54) is 0 Å². The third-order valence-electron chi connectivity index (χ3n) is 4.62. The number of likely N-dealkylation sites (tertiary alicyclic amines) is 1. The molecule has 0 saturated carbocycles. The number of hydrogen-bond donors (Lipinski definition) is 1. The molecule has 0 spiro atoms. The topological polar surface area (TPSA) is 49.6 Å². The molecule has 0 aromatic heterocycles. The number of amides is 1.